The number of amides is 1. The van der Waals surface area contributed by atoms with Crippen LogP contribution in [0, 0.1) is 0 Å². The molecular formula is C25H32N4O2. The summed E-state index contributed by atoms with van der Waals surface area (Å²) in [7, 11) is 0. The van der Waals surface area contributed by atoms with Gasteiger partial charge in [0, 0.05) is 60.5 Å². The van der Waals surface area contributed by atoms with Gasteiger partial charge in [-0.1, -0.05) is 31.9 Å². The van der Waals surface area contributed by atoms with E-state index >= 15 is 0 Å². The van der Waals surface area contributed by atoms with Crippen LogP contribution >= 0.6 is 0 Å². The SMILES string of the molecule is C=C(C(=O)NC1CCCCC1)c1cc(-c2cncc(CN3CCOCC3)c2)ccc1N. The molecule has 1 saturated heterocycles. The number of rotatable bonds is 6. The average molecular weight is 421 g/mol. The highest BCUT2D eigenvalue weighted by Crippen LogP contribution is 2.29. The molecule has 0 unspecified atom stereocenters. The number of nitrogens with two attached hydrogens (primary N) is 1. The zero-order valence-electron chi connectivity index (χ0n) is 18.1. The molecule has 4 rings (SSSR count). The number of nitrogens with zero attached hydrogens (tertiary/aromatic N) is 2. The number of hydrogen-bond donors (Lipinski definition) is 2. The van der Waals surface area contributed by atoms with Gasteiger partial charge in [-0.3, -0.25) is 14.7 Å². The third-order valence-corrected chi connectivity index (χ3v) is 6.23. The summed E-state index contributed by atoms with van der Waals surface area (Å²) >= 11 is 0. The lowest BCUT2D eigenvalue weighted by Crippen LogP contribution is -2.36. The fourth-order valence-corrected chi connectivity index (χ4v) is 4.39. The second kappa shape index (κ2) is 10.1. The number of aromatic nitrogens is 1. The lowest BCUT2D eigenvalue weighted by molar-refractivity contribution is -0.116. The second-order valence-electron chi connectivity index (χ2n) is 8.56. The van der Waals surface area contributed by atoms with Gasteiger partial charge in [0.15, 0.2) is 0 Å². The molecular weight excluding hydrogens is 388 g/mol. The summed E-state index contributed by atoms with van der Waals surface area (Å²) < 4.78 is 5.43. The zero-order valence-corrected chi connectivity index (χ0v) is 18.1. The Morgan fingerprint density at radius 2 is 1.90 bits per heavy atom. The molecule has 1 aromatic carbocycles. The number of morpholine rings is 1. The van der Waals surface area contributed by atoms with Crippen LogP contribution < -0.4 is 11.1 Å². The first-order chi connectivity index (χ1) is 15.1. The highest BCUT2D eigenvalue weighted by molar-refractivity contribution is 6.20. The molecule has 0 atom stereocenters. The Morgan fingerprint density at radius 3 is 2.68 bits per heavy atom. The van der Waals surface area contributed by atoms with Crippen molar-refractivity contribution in [2.75, 3.05) is 32.0 Å². The van der Waals surface area contributed by atoms with Crippen molar-refractivity contribution < 1.29 is 9.53 Å². The van der Waals surface area contributed by atoms with Gasteiger partial charge in [0.05, 0.1) is 13.2 Å². The van der Waals surface area contributed by atoms with Crippen LogP contribution in [0.5, 0.6) is 0 Å². The highest BCUT2D eigenvalue weighted by Gasteiger charge is 2.19. The molecule has 6 nitrogen and oxygen atoms in total. The molecule has 1 aromatic heterocycles. The number of nitrogens with one attached hydrogen (secondary N) is 1. The van der Waals surface area contributed by atoms with E-state index in [0.29, 0.717) is 16.8 Å². The normalized spacial score (nSPS) is 17.9. The summed E-state index contributed by atoms with van der Waals surface area (Å²) in [6.07, 6.45) is 9.43. The Hall–Kier alpha value is -2.70. The molecule has 1 aliphatic heterocycles. The molecule has 3 N–H and O–H groups in total. The second-order valence-corrected chi connectivity index (χ2v) is 8.56. The van der Waals surface area contributed by atoms with Crippen LogP contribution in [0.4, 0.5) is 5.69 Å². The minimum Gasteiger partial charge on any atom is -0.398 e. The molecule has 164 valence electrons. The summed E-state index contributed by atoms with van der Waals surface area (Å²) in [6, 6.07) is 8.17. The van der Waals surface area contributed by atoms with Crippen molar-refractivity contribution in [2.24, 2.45) is 0 Å². The van der Waals surface area contributed by atoms with Gasteiger partial charge in [-0.15, -0.1) is 0 Å². The lowest BCUT2D eigenvalue weighted by Gasteiger charge is -2.26. The Morgan fingerprint density at radius 1 is 1.13 bits per heavy atom. The van der Waals surface area contributed by atoms with Crippen LogP contribution in [0.2, 0.25) is 0 Å². The number of nitrogen functional groups attached to an aromatic ring is 1. The fraction of sp³-hybridized carbons (Fsp3) is 0.440. The molecule has 2 fully saturated rings. The van der Waals surface area contributed by atoms with Crippen LogP contribution in [0.3, 0.4) is 0 Å². The van der Waals surface area contributed by atoms with Crippen LogP contribution in [0.25, 0.3) is 16.7 Å². The van der Waals surface area contributed by atoms with Crippen LogP contribution in [0.15, 0.2) is 43.2 Å². The lowest BCUT2D eigenvalue weighted by atomic mass is 9.94. The van der Waals surface area contributed by atoms with Crippen molar-refractivity contribution in [3.63, 3.8) is 0 Å². The fourth-order valence-electron chi connectivity index (χ4n) is 4.39. The Labute approximate surface area is 184 Å². The number of carbonyl (C=O) groups is 1. The number of anilines is 1. The van der Waals surface area contributed by atoms with Gasteiger partial charge in [0.25, 0.3) is 5.91 Å². The quantitative estimate of drug-likeness (QED) is 0.551. The Balaban J connectivity index is 1.49. The minimum absolute atomic E-state index is 0.130. The summed E-state index contributed by atoms with van der Waals surface area (Å²) in [4.78, 5) is 19.6. The molecule has 2 heterocycles. The maximum Gasteiger partial charge on any atom is 0.251 e. The van der Waals surface area contributed by atoms with Gasteiger partial charge in [0.2, 0.25) is 0 Å². The van der Waals surface area contributed by atoms with Crippen LogP contribution in [0.1, 0.15) is 43.2 Å². The number of hydrogen-bond acceptors (Lipinski definition) is 5. The number of pyridine rings is 1. The van der Waals surface area contributed by atoms with E-state index < -0.39 is 0 Å². The van der Waals surface area contributed by atoms with E-state index in [0.717, 1.165) is 62.4 Å². The van der Waals surface area contributed by atoms with Crippen molar-refractivity contribution in [2.45, 2.75) is 44.7 Å². The largest absolute Gasteiger partial charge is 0.398 e. The van der Waals surface area contributed by atoms with Crippen molar-refractivity contribution >= 4 is 17.2 Å². The maximum atomic E-state index is 12.8. The smallest absolute Gasteiger partial charge is 0.251 e. The third kappa shape index (κ3) is 5.51. The van der Waals surface area contributed by atoms with E-state index in [1.165, 1.54) is 19.3 Å². The molecule has 0 spiro atoms. The van der Waals surface area contributed by atoms with Gasteiger partial charge in [-0.2, -0.15) is 0 Å². The first-order valence-corrected chi connectivity index (χ1v) is 11.2. The number of carbonyl (C=O) groups excluding carboxylic acids is 1. The van der Waals surface area contributed by atoms with Crippen molar-refractivity contribution in [1.29, 1.82) is 0 Å². The molecule has 31 heavy (non-hydrogen) atoms. The first-order valence-electron chi connectivity index (χ1n) is 11.2. The molecule has 2 aromatic rings. The van der Waals surface area contributed by atoms with Gasteiger partial charge < -0.3 is 15.8 Å². The van der Waals surface area contributed by atoms with Gasteiger partial charge in [0.1, 0.15) is 0 Å². The molecule has 1 aliphatic carbocycles. The summed E-state index contributed by atoms with van der Waals surface area (Å²) in [6.45, 7) is 8.33. The molecule has 1 saturated carbocycles. The van der Waals surface area contributed by atoms with E-state index in [1.807, 2.05) is 30.6 Å². The van der Waals surface area contributed by atoms with Gasteiger partial charge in [-0.25, -0.2) is 0 Å². The third-order valence-electron chi connectivity index (χ3n) is 6.23. The molecule has 1 amide bonds. The topological polar surface area (TPSA) is 80.5 Å². The van der Waals surface area contributed by atoms with Crippen LogP contribution in [-0.4, -0.2) is 48.1 Å². The highest BCUT2D eigenvalue weighted by atomic mass is 16.5. The summed E-state index contributed by atoms with van der Waals surface area (Å²) in [5.74, 6) is -0.130. The monoisotopic (exact) mass is 420 g/mol. The molecule has 0 radical (unpaired) electrons. The minimum atomic E-state index is -0.130. The molecule has 0 bridgehead atoms. The standard InChI is InChI=1S/C25H32N4O2/c1-18(25(30)28-22-5-3-2-4-6-22)23-14-20(7-8-24(23)26)21-13-19(15-27-16-21)17-29-9-11-31-12-10-29/h7-8,13-16,22H,1-6,9-12,17,26H2,(H,28,30). The number of ether oxygens (including phenoxy) is 1. The molecule has 6 heteroatoms. The first kappa shape index (κ1) is 21.5. The Kier molecular flexibility index (Phi) is 6.99. The predicted octanol–water partition coefficient (Wildman–Crippen LogP) is 3.63. The van der Waals surface area contributed by atoms with Crippen LogP contribution in [-0.2, 0) is 16.1 Å². The van der Waals surface area contributed by atoms with Gasteiger partial charge in [-0.05, 0) is 42.2 Å². The Bertz CT molecular complexity index is 931. The van der Waals surface area contributed by atoms with Crippen molar-refractivity contribution in [1.82, 2.24) is 15.2 Å². The van der Waals surface area contributed by atoms with E-state index in [9.17, 15) is 4.79 Å². The van der Waals surface area contributed by atoms with E-state index in [-0.39, 0.29) is 11.9 Å². The van der Waals surface area contributed by atoms with E-state index in [2.05, 4.69) is 27.8 Å². The van der Waals surface area contributed by atoms with E-state index in [4.69, 9.17) is 10.5 Å². The molecule has 2 aliphatic rings. The van der Waals surface area contributed by atoms with Gasteiger partial charge >= 0.3 is 0 Å². The summed E-state index contributed by atoms with van der Waals surface area (Å²) in [5, 5.41) is 3.14. The van der Waals surface area contributed by atoms with E-state index in [1.54, 1.807) is 0 Å². The van der Waals surface area contributed by atoms with Crippen molar-refractivity contribution in [3.8, 4) is 11.1 Å². The summed E-state index contributed by atoms with van der Waals surface area (Å²) in [5.41, 5.74) is 11.0. The van der Waals surface area contributed by atoms with Crippen molar-refractivity contribution in [3.05, 3.63) is 54.4 Å². The zero-order chi connectivity index (χ0) is 21.6. The maximum absolute atomic E-state index is 12.8. The average Bonchev–Trinajstić information content (AvgIpc) is 2.80. The number of benzene rings is 1. The predicted molar refractivity (Wildman–Crippen MR) is 124 cm³/mol.